The summed E-state index contributed by atoms with van der Waals surface area (Å²) in [7, 11) is 1.66. The molecule has 3 aromatic carbocycles. The number of hydrogen-bond acceptors (Lipinski definition) is 2. The molecule has 0 aliphatic carbocycles. The van der Waals surface area contributed by atoms with Gasteiger partial charge in [0.2, 0.25) is 0 Å². The van der Waals surface area contributed by atoms with Gasteiger partial charge in [-0.05, 0) is 66.4 Å². The number of methoxy groups -OCH3 is 1. The summed E-state index contributed by atoms with van der Waals surface area (Å²) in [6.45, 7) is 4.58. The van der Waals surface area contributed by atoms with Crippen LogP contribution in [0, 0.1) is 13.8 Å². The minimum absolute atomic E-state index is 0.0512. The van der Waals surface area contributed by atoms with Gasteiger partial charge >= 0.3 is 0 Å². The predicted octanol–water partition coefficient (Wildman–Crippen LogP) is 5.56. The van der Waals surface area contributed by atoms with Crippen LogP contribution in [-0.2, 0) is 11.3 Å². The zero-order valence-electron chi connectivity index (χ0n) is 16.6. The van der Waals surface area contributed by atoms with E-state index in [0.29, 0.717) is 6.54 Å². The largest absolute Gasteiger partial charge is 0.497 e. The van der Waals surface area contributed by atoms with Crippen LogP contribution in [0.3, 0.4) is 0 Å². The average Bonchev–Trinajstić information content (AvgIpc) is 2.72. The number of aryl methyl sites for hydroxylation is 2. The van der Waals surface area contributed by atoms with Gasteiger partial charge in [-0.3, -0.25) is 4.79 Å². The number of hydrogen-bond donors (Lipinski definition) is 0. The summed E-state index contributed by atoms with van der Waals surface area (Å²) in [5, 5.41) is 0. The van der Waals surface area contributed by atoms with Crippen LogP contribution >= 0.6 is 0 Å². The first kappa shape index (κ1) is 19.4. The molecule has 0 atom stereocenters. The topological polar surface area (TPSA) is 29.5 Å². The SMILES string of the molecule is COc1cc(C)c(/C=C/C(=O)N(Cc2ccccc2)c2ccccc2)c(C)c1. The molecule has 0 aromatic heterocycles. The van der Waals surface area contributed by atoms with Crippen LogP contribution in [-0.4, -0.2) is 13.0 Å². The Labute approximate surface area is 166 Å². The summed E-state index contributed by atoms with van der Waals surface area (Å²) in [5.74, 6) is 0.776. The number of anilines is 1. The molecule has 3 rings (SSSR count). The first-order valence-electron chi connectivity index (χ1n) is 9.32. The minimum atomic E-state index is -0.0512. The molecule has 0 radical (unpaired) electrons. The standard InChI is InChI=1S/C25H25NO2/c1-19-16-23(28-3)17-20(2)24(19)14-15-25(27)26(22-12-8-5-9-13-22)18-21-10-6-4-7-11-21/h4-17H,18H2,1-3H3/b15-14+. The van der Waals surface area contributed by atoms with E-state index in [9.17, 15) is 4.79 Å². The van der Waals surface area contributed by atoms with Crippen LogP contribution < -0.4 is 9.64 Å². The van der Waals surface area contributed by atoms with E-state index in [1.165, 1.54) is 0 Å². The highest BCUT2D eigenvalue weighted by atomic mass is 16.5. The van der Waals surface area contributed by atoms with E-state index in [1.54, 1.807) is 18.1 Å². The smallest absolute Gasteiger partial charge is 0.251 e. The molecule has 0 bridgehead atoms. The van der Waals surface area contributed by atoms with Crippen molar-refractivity contribution in [1.82, 2.24) is 0 Å². The highest BCUT2D eigenvalue weighted by Gasteiger charge is 2.14. The third-order valence-corrected chi connectivity index (χ3v) is 4.71. The van der Waals surface area contributed by atoms with Gasteiger partial charge in [-0.1, -0.05) is 48.5 Å². The summed E-state index contributed by atoms with van der Waals surface area (Å²) in [6, 6.07) is 23.7. The molecule has 0 aliphatic rings. The maximum atomic E-state index is 13.1. The summed E-state index contributed by atoms with van der Waals surface area (Å²) in [6.07, 6.45) is 3.55. The molecule has 0 N–H and O–H groups in total. The zero-order valence-corrected chi connectivity index (χ0v) is 16.6. The third-order valence-electron chi connectivity index (χ3n) is 4.71. The molecule has 0 saturated heterocycles. The lowest BCUT2D eigenvalue weighted by Gasteiger charge is -2.21. The molecule has 142 valence electrons. The maximum Gasteiger partial charge on any atom is 0.251 e. The van der Waals surface area contributed by atoms with Crippen LogP contribution in [0.25, 0.3) is 6.08 Å². The Morgan fingerprint density at radius 2 is 1.50 bits per heavy atom. The Balaban J connectivity index is 1.89. The van der Waals surface area contributed by atoms with E-state index in [4.69, 9.17) is 4.74 Å². The second kappa shape index (κ2) is 9.05. The lowest BCUT2D eigenvalue weighted by atomic mass is 10.0. The number of benzene rings is 3. The summed E-state index contributed by atoms with van der Waals surface area (Å²) >= 11 is 0. The first-order valence-corrected chi connectivity index (χ1v) is 9.32. The molecule has 0 aliphatic heterocycles. The van der Waals surface area contributed by atoms with Crippen LogP contribution in [0.15, 0.2) is 78.9 Å². The van der Waals surface area contributed by atoms with E-state index in [0.717, 1.165) is 33.7 Å². The monoisotopic (exact) mass is 371 g/mol. The zero-order chi connectivity index (χ0) is 19.9. The third kappa shape index (κ3) is 4.68. The molecule has 0 unspecified atom stereocenters. The minimum Gasteiger partial charge on any atom is -0.497 e. The van der Waals surface area contributed by atoms with Crippen molar-refractivity contribution in [2.75, 3.05) is 12.0 Å². The van der Waals surface area contributed by atoms with Gasteiger partial charge in [-0.2, -0.15) is 0 Å². The molecule has 0 saturated carbocycles. The molecule has 3 nitrogen and oxygen atoms in total. The van der Waals surface area contributed by atoms with Gasteiger partial charge in [0.15, 0.2) is 0 Å². The quantitative estimate of drug-likeness (QED) is 0.531. The Morgan fingerprint density at radius 3 is 2.07 bits per heavy atom. The number of carbonyl (C=O) groups excluding carboxylic acids is 1. The fourth-order valence-electron chi connectivity index (χ4n) is 3.23. The van der Waals surface area contributed by atoms with Crippen molar-refractivity contribution in [2.45, 2.75) is 20.4 Å². The molecule has 3 heteroatoms. The number of para-hydroxylation sites is 1. The highest BCUT2D eigenvalue weighted by molar-refractivity contribution is 6.03. The Kier molecular flexibility index (Phi) is 6.28. The van der Waals surface area contributed by atoms with Gasteiger partial charge in [-0.25, -0.2) is 0 Å². The number of amides is 1. The van der Waals surface area contributed by atoms with Crippen molar-refractivity contribution in [3.05, 3.63) is 101 Å². The fourth-order valence-corrected chi connectivity index (χ4v) is 3.23. The lowest BCUT2D eigenvalue weighted by Crippen LogP contribution is -2.28. The van der Waals surface area contributed by atoms with Gasteiger partial charge in [-0.15, -0.1) is 0 Å². The van der Waals surface area contributed by atoms with Gasteiger partial charge in [0, 0.05) is 11.8 Å². The van der Waals surface area contributed by atoms with Crippen molar-refractivity contribution in [3.63, 3.8) is 0 Å². The van der Waals surface area contributed by atoms with Crippen LogP contribution in [0.5, 0.6) is 5.75 Å². The van der Waals surface area contributed by atoms with Crippen molar-refractivity contribution in [1.29, 1.82) is 0 Å². The summed E-state index contributed by atoms with van der Waals surface area (Å²) in [4.78, 5) is 14.9. The molecule has 1 amide bonds. The number of nitrogens with zero attached hydrogens (tertiary/aromatic N) is 1. The van der Waals surface area contributed by atoms with E-state index in [-0.39, 0.29) is 5.91 Å². The number of ether oxygens (including phenoxy) is 1. The van der Waals surface area contributed by atoms with Gasteiger partial charge in [0.25, 0.3) is 5.91 Å². The first-order chi connectivity index (χ1) is 13.6. The van der Waals surface area contributed by atoms with Gasteiger partial charge in [0.05, 0.1) is 13.7 Å². The van der Waals surface area contributed by atoms with E-state index < -0.39 is 0 Å². The predicted molar refractivity (Wildman–Crippen MR) is 116 cm³/mol. The molecule has 0 spiro atoms. The maximum absolute atomic E-state index is 13.1. The highest BCUT2D eigenvalue weighted by Crippen LogP contribution is 2.23. The fraction of sp³-hybridized carbons (Fsp3) is 0.160. The Bertz CT molecular complexity index is 939. The van der Waals surface area contributed by atoms with Gasteiger partial charge < -0.3 is 9.64 Å². The van der Waals surface area contributed by atoms with Crippen molar-refractivity contribution in [2.24, 2.45) is 0 Å². The molecule has 28 heavy (non-hydrogen) atoms. The summed E-state index contributed by atoms with van der Waals surface area (Å²) < 4.78 is 5.32. The van der Waals surface area contributed by atoms with E-state index in [2.05, 4.69) is 0 Å². The summed E-state index contributed by atoms with van der Waals surface area (Å²) in [5.41, 5.74) is 5.17. The van der Waals surface area contributed by atoms with E-state index in [1.807, 2.05) is 92.7 Å². The van der Waals surface area contributed by atoms with Crippen molar-refractivity contribution in [3.8, 4) is 5.75 Å². The second-order valence-electron chi connectivity index (χ2n) is 6.75. The molecular weight excluding hydrogens is 346 g/mol. The van der Waals surface area contributed by atoms with E-state index >= 15 is 0 Å². The molecule has 0 heterocycles. The normalized spacial score (nSPS) is 10.8. The number of rotatable bonds is 6. The van der Waals surface area contributed by atoms with Crippen LogP contribution in [0.1, 0.15) is 22.3 Å². The molecule has 0 fully saturated rings. The van der Waals surface area contributed by atoms with Gasteiger partial charge in [0.1, 0.15) is 5.75 Å². The molecule has 3 aromatic rings. The molecular formula is C25H25NO2. The number of carbonyl (C=O) groups is 1. The van der Waals surface area contributed by atoms with Crippen molar-refractivity contribution >= 4 is 17.7 Å². The van der Waals surface area contributed by atoms with Crippen molar-refractivity contribution < 1.29 is 9.53 Å². The average molecular weight is 371 g/mol. The Hall–Kier alpha value is -3.33. The Morgan fingerprint density at radius 1 is 0.929 bits per heavy atom. The van der Waals surface area contributed by atoms with Crippen LogP contribution in [0.2, 0.25) is 0 Å². The lowest BCUT2D eigenvalue weighted by molar-refractivity contribution is -0.114. The van der Waals surface area contributed by atoms with Crippen LogP contribution in [0.4, 0.5) is 5.69 Å². The second-order valence-corrected chi connectivity index (χ2v) is 6.75.